The van der Waals surface area contributed by atoms with Gasteiger partial charge in [0.2, 0.25) is 0 Å². The molecule has 3 rings (SSSR count). The zero-order chi connectivity index (χ0) is 14.7. The molecule has 0 spiro atoms. The lowest BCUT2D eigenvalue weighted by atomic mass is 9.83. The number of nitrogens with one attached hydrogen (secondary N) is 1. The van der Waals surface area contributed by atoms with E-state index in [-0.39, 0.29) is 0 Å². The first-order valence-corrected chi connectivity index (χ1v) is 7.93. The number of ether oxygens (including phenoxy) is 1. The van der Waals surface area contributed by atoms with E-state index in [4.69, 9.17) is 4.74 Å². The minimum atomic E-state index is 0.469. The van der Waals surface area contributed by atoms with E-state index in [0.717, 1.165) is 18.1 Å². The van der Waals surface area contributed by atoms with E-state index in [2.05, 4.69) is 29.4 Å². The van der Waals surface area contributed by atoms with E-state index in [1.54, 1.807) is 7.11 Å². The largest absolute Gasteiger partial charge is 0.497 e. The predicted molar refractivity (Wildman–Crippen MR) is 88.0 cm³/mol. The highest BCUT2D eigenvalue weighted by Gasteiger charge is 2.31. The van der Waals surface area contributed by atoms with Gasteiger partial charge in [-0.2, -0.15) is 0 Å². The van der Waals surface area contributed by atoms with Crippen LogP contribution in [0.2, 0.25) is 0 Å². The van der Waals surface area contributed by atoms with Crippen LogP contribution in [0, 0.1) is 5.41 Å². The molecular formula is C18H24N2O. The van der Waals surface area contributed by atoms with Crippen LogP contribution in [0.1, 0.15) is 39.0 Å². The third-order valence-electron chi connectivity index (χ3n) is 5.02. The van der Waals surface area contributed by atoms with Crippen molar-refractivity contribution >= 4 is 16.6 Å². The molecule has 1 aliphatic rings. The maximum atomic E-state index is 5.30. The van der Waals surface area contributed by atoms with Crippen molar-refractivity contribution in [3.63, 3.8) is 0 Å². The fraction of sp³-hybridized carbons (Fsp3) is 0.500. The molecule has 1 aromatic heterocycles. The molecule has 3 nitrogen and oxygen atoms in total. The van der Waals surface area contributed by atoms with Crippen LogP contribution in [0.15, 0.2) is 30.5 Å². The Labute approximate surface area is 126 Å². The summed E-state index contributed by atoms with van der Waals surface area (Å²) in [5.41, 5.74) is 0.469. The van der Waals surface area contributed by atoms with Gasteiger partial charge in [0, 0.05) is 18.1 Å². The first-order chi connectivity index (χ1) is 10.3. The summed E-state index contributed by atoms with van der Waals surface area (Å²) >= 11 is 0. The van der Waals surface area contributed by atoms with Gasteiger partial charge in [-0.15, -0.1) is 0 Å². The van der Waals surface area contributed by atoms with Crippen LogP contribution in [0.25, 0.3) is 10.8 Å². The summed E-state index contributed by atoms with van der Waals surface area (Å²) in [7, 11) is 1.70. The number of hydrogen-bond acceptors (Lipinski definition) is 3. The number of rotatable bonds is 5. The number of hydrogen-bond donors (Lipinski definition) is 1. The molecule has 0 saturated heterocycles. The summed E-state index contributed by atoms with van der Waals surface area (Å²) in [4.78, 5) is 4.54. The second-order valence-corrected chi connectivity index (χ2v) is 6.16. The van der Waals surface area contributed by atoms with Gasteiger partial charge in [-0.3, -0.25) is 0 Å². The number of anilines is 1. The summed E-state index contributed by atoms with van der Waals surface area (Å²) in [6, 6.07) is 8.19. The Kier molecular flexibility index (Phi) is 4.00. The van der Waals surface area contributed by atoms with E-state index < -0.39 is 0 Å². The van der Waals surface area contributed by atoms with Gasteiger partial charge in [0.05, 0.1) is 7.11 Å². The normalized spacial score (nSPS) is 17.0. The van der Waals surface area contributed by atoms with Crippen LogP contribution >= 0.6 is 0 Å². The van der Waals surface area contributed by atoms with Crippen LogP contribution in [0.3, 0.4) is 0 Å². The molecule has 1 aliphatic carbocycles. The summed E-state index contributed by atoms with van der Waals surface area (Å²) in [5.74, 6) is 1.88. The van der Waals surface area contributed by atoms with E-state index in [0.29, 0.717) is 5.41 Å². The molecule has 0 amide bonds. The standard InChI is InChI=1S/C18H24N2O/c1-3-18(9-4-5-10-18)13-20-17-16-7-6-15(21-2)12-14(16)8-11-19-17/h6-8,11-12H,3-5,9-10,13H2,1-2H3,(H,19,20). The van der Waals surface area contributed by atoms with Crippen LogP contribution < -0.4 is 10.1 Å². The molecule has 0 bridgehead atoms. The van der Waals surface area contributed by atoms with Crippen molar-refractivity contribution in [2.45, 2.75) is 39.0 Å². The highest BCUT2D eigenvalue weighted by Crippen LogP contribution is 2.41. The Bertz CT molecular complexity index is 618. The number of fused-ring (bicyclic) bond motifs is 1. The van der Waals surface area contributed by atoms with Crippen molar-refractivity contribution in [1.82, 2.24) is 4.98 Å². The van der Waals surface area contributed by atoms with Gasteiger partial charge < -0.3 is 10.1 Å². The highest BCUT2D eigenvalue weighted by molar-refractivity contribution is 5.92. The zero-order valence-electron chi connectivity index (χ0n) is 13.0. The smallest absolute Gasteiger partial charge is 0.133 e. The second kappa shape index (κ2) is 5.92. The molecular weight excluding hydrogens is 260 g/mol. The maximum Gasteiger partial charge on any atom is 0.133 e. The maximum absolute atomic E-state index is 5.30. The van der Waals surface area contributed by atoms with Crippen molar-refractivity contribution in [3.8, 4) is 5.75 Å². The lowest BCUT2D eigenvalue weighted by molar-refractivity contribution is 0.306. The van der Waals surface area contributed by atoms with E-state index in [1.807, 2.05) is 18.3 Å². The van der Waals surface area contributed by atoms with Crippen molar-refractivity contribution in [2.75, 3.05) is 19.0 Å². The third-order valence-corrected chi connectivity index (χ3v) is 5.02. The van der Waals surface area contributed by atoms with Gasteiger partial charge in [0.1, 0.15) is 11.6 Å². The van der Waals surface area contributed by atoms with Crippen LogP contribution in [-0.2, 0) is 0 Å². The molecule has 1 fully saturated rings. The average molecular weight is 284 g/mol. The third kappa shape index (κ3) is 2.82. The van der Waals surface area contributed by atoms with Crippen LogP contribution in [0.5, 0.6) is 5.75 Å². The molecule has 3 heteroatoms. The summed E-state index contributed by atoms with van der Waals surface area (Å²) in [6.45, 7) is 3.34. The zero-order valence-corrected chi connectivity index (χ0v) is 13.0. The molecule has 0 atom stereocenters. The Hall–Kier alpha value is -1.77. The molecule has 21 heavy (non-hydrogen) atoms. The molecule has 1 N–H and O–H groups in total. The van der Waals surface area contributed by atoms with Crippen molar-refractivity contribution in [1.29, 1.82) is 0 Å². The Morgan fingerprint density at radius 1 is 1.24 bits per heavy atom. The topological polar surface area (TPSA) is 34.2 Å². The SMILES string of the molecule is CCC1(CNc2nccc3cc(OC)ccc23)CCCC1. The van der Waals surface area contributed by atoms with Crippen LogP contribution in [0.4, 0.5) is 5.82 Å². The van der Waals surface area contributed by atoms with Gasteiger partial charge in [-0.25, -0.2) is 4.98 Å². The van der Waals surface area contributed by atoms with Gasteiger partial charge in [-0.1, -0.05) is 19.8 Å². The highest BCUT2D eigenvalue weighted by atomic mass is 16.5. The van der Waals surface area contributed by atoms with Crippen molar-refractivity contribution in [2.24, 2.45) is 5.41 Å². The first-order valence-electron chi connectivity index (χ1n) is 7.93. The number of aromatic nitrogens is 1. The van der Waals surface area contributed by atoms with E-state index >= 15 is 0 Å². The molecule has 112 valence electrons. The summed E-state index contributed by atoms with van der Waals surface area (Å²) in [6.07, 6.45) is 8.55. The second-order valence-electron chi connectivity index (χ2n) is 6.16. The molecule has 2 aromatic rings. The minimum Gasteiger partial charge on any atom is -0.497 e. The first kappa shape index (κ1) is 14.2. The van der Waals surface area contributed by atoms with Gasteiger partial charge in [0.25, 0.3) is 0 Å². The Morgan fingerprint density at radius 2 is 2.05 bits per heavy atom. The summed E-state index contributed by atoms with van der Waals surface area (Å²) < 4.78 is 5.30. The quantitative estimate of drug-likeness (QED) is 0.869. The van der Waals surface area contributed by atoms with Crippen LogP contribution in [-0.4, -0.2) is 18.6 Å². The predicted octanol–water partition coefficient (Wildman–Crippen LogP) is 4.63. The Balaban J connectivity index is 1.83. The fourth-order valence-corrected chi connectivity index (χ4v) is 3.48. The average Bonchev–Trinajstić information content (AvgIpc) is 3.01. The Morgan fingerprint density at radius 3 is 2.76 bits per heavy atom. The lowest BCUT2D eigenvalue weighted by Gasteiger charge is -2.28. The molecule has 0 radical (unpaired) electrons. The van der Waals surface area contributed by atoms with Crippen molar-refractivity contribution in [3.05, 3.63) is 30.5 Å². The monoisotopic (exact) mass is 284 g/mol. The number of benzene rings is 1. The minimum absolute atomic E-state index is 0.469. The molecule has 1 aromatic carbocycles. The lowest BCUT2D eigenvalue weighted by Crippen LogP contribution is -2.26. The molecule has 1 saturated carbocycles. The number of methoxy groups -OCH3 is 1. The summed E-state index contributed by atoms with van der Waals surface area (Å²) in [5, 5.41) is 5.95. The van der Waals surface area contributed by atoms with Gasteiger partial charge >= 0.3 is 0 Å². The van der Waals surface area contributed by atoms with Gasteiger partial charge in [0.15, 0.2) is 0 Å². The van der Waals surface area contributed by atoms with Gasteiger partial charge in [-0.05, 0) is 54.3 Å². The number of pyridine rings is 1. The fourth-order valence-electron chi connectivity index (χ4n) is 3.48. The van der Waals surface area contributed by atoms with Crippen molar-refractivity contribution < 1.29 is 4.74 Å². The number of nitrogens with zero attached hydrogens (tertiary/aromatic N) is 1. The molecule has 0 unspecified atom stereocenters. The molecule has 0 aliphatic heterocycles. The van der Waals surface area contributed by atoms with E-state index in [9.17, 15) is 0 Å². The van der Waals surface area contributed by atoms with E-state index in [1.165, 1.54) is 42.9 Å². The molecule has 1 heterocycles.